The molecule has 2 rings (SSSR count). The van der Waals surface area contributed by atoms with Crippen molar-refractivity contribution < 1.29 is 14.5 Å². The van der Waals surface area contributed by atoms with Gasteiger partial charge in [-0.05, 0) is 25.5 Å². The monoisotopic (exact) mass is 389 g/mol. The number of rotatable bonds is 6. The van der Waals surface area contributed by atoms with Crippen LogP contribution in [0.15, 0.2) is 18.2 Å². The molecule has 0 bridgehead atoms. The summed E-state index contributed by atoms with van der Waals surface area (Å²) in [5, 5.41) is 14.4. The van der Waals surface area contributed by atoms with Crippen LogP contribution >= 0.6 is 24.2 Å². The zero-order chi connectivity index (χ0) is 17.7. The van der Waals surface area contributed by atoms with Crippen molar-refractivity contribution in [2.24, 2.45) is 0 Å². The maximum atomic E-state index is 12.4. The van der Waals surface area contributed by atoms with Crippen molar-refractivity contribution in [1.82, 2.24) is 10.2 Å². The molecule has 1 N–H and O–H groups in total. The number of hydrogen-bond donors (Lipinski definition) is 1. The van der Waals surface area contributed by atoms with Gasteiger partial charge in [0.25, 0.3) is 0 Å². The van der Waals surface area contributed by atoms with Crippen LogP contribution in [0.1, 0.15) is 19.4 Å². The first-order valence-corrected chi connectivity index (χ1v) is 9.01. The van der Waals surface area contributed by atoms with Crippen LogP contribution in [-0.4, -0.2) is 53.8 Å². The summed E-state index contributed by atoms with van der Waals surface area (Å²) in [6.45, 7) is 5.66. The van der Waals surface area contributed by atoms with Crippen LogP contribution in [0.25, 0.3) is 0 Å². The summed E-state index contributed by atoms with van der Waals surface area (Å²) in [4.78, 5) is 24.9. The topological polar surface area (TPSA) is 84.7 Å². The molecule has 1 amide bonds. The Morgan fingerprint density at radius 1 is 1.48 bits per heavy atom. The van der Waals surface area contributed by atoms with Crippen LogP contribution in [0, 0.1) is 10.1 Å². The molecule has 1 aromatic rings. The maximum absolute atomic E-state index is 12.4. The Hall–Kier alpha value is -1.51. The molecule has 1 heterocycles. The summed E-state index contributed by atoms with van der Waals surface area (Å²) in [6, 6.07) is 5.35. The summed E-state index contributed by atoms with van der Waals surface area (Å²) >= 11 is 1.47. The number of thioether (sulfide) groups is 1. The number of nitrogens with one attached hydrogen (secondary N) is 1. The number of piperazine rings is 1. The molecule has 25 heavy (non-hydrogen) atoms. The van der Waals surface area contributed by atoms with E-state index in [9.17, 15) is 14.9 Å². The molecule has 9 heteroatoms. The van der Waals surface area contributed by atoms with E-state index in [1.54, 1.807) is 12.1 Å². The second-order valence-corrected chi connectivity index (χ2v) is 6.81. The van der Waals surface area contributed by atoms with Gasteiger partial charge < -0.3 is 15.0 Å². The SMILES string of the molecule is COc1ccc(CSCC(=O)N2CCNC(C)C2C)cc1[N+](=O)[O-].Cl. The molecular weight excluding hydrogens is 366 g/mol. The molecule has 0 spiro atoms. The van der Waals surface area contributed by atoms with Crippen molar-refractivity contribution in [1.29, 1.82) is 0 Å². The molecule has 0 saturated carbocycles. The lowest BCUT2D eigenvalue weighted by atomic mass is 10.1. The standard InChI is InChI=1S/C16H23N3O4S.ClH/c1-11-12(2)18(7-6-17-11)16(20)10-24-9-13-4-5-15(23-3)14(8-13)19(21)22;/h4-5,8,11-12,17H,6-7,9-10H2,1-3H3;1H. The highest BCUT2D eigenvalue weighted by Gasteiger charge is 2.27. The van der Waals surface area contributed by atoms with E-state index in [-0.39, 0.29) is 41.8 Å². The van der Waals surface area contributed by atoms with Crippen molar-refractivity contribution in [3.63, 3.8) is 0 Å². The number of hydrogen-bond acceptors (Lipinski definition) is 6. The fourth-order valence-electron chi connectivity index (χ4n) is 2.72. The number of benzene rings is 1. The third-order valence-electron chi connectivity index (χ3n) is 4.29. The lowest BCUT2D eigenvalue weighted by Gasteiger charge is -2.38. The Kier molecular flexibility index (Phi) is 8.47. The van der Waals surface area contributed by atoms with E-state index in [2.05, 4.69) is 12.2 Å². The van der Waals surface area contributed by atoms with Gasteiger partial charge in [0, 0.05) is 37.0 Å². The van der Waals surface area contributed by atoms with Gasteiger partial charge in [0.15, 0.2) is 5.75 Å². The number of ether oxygens (including phenoxy) is 1. The fourth-order valence-corrected chi connectivity index (χ4v) is 3.57. The van der Waals surface area contributed by atoms with Gasteiger partial charge in [0.1, 0.15) is 0 Å². The van der Waals surface area contributed by atoms with E-state index < -0.39 is 4.92 Å². The number of carbonyl (C=O) groups excluding carboxylic acids is 1. The average Bonchev–Trinajstić information content (AvgIpc) is 2.57. The Balaban J connectivity index is 0.00000312. The first-order valence-electron chi connectivity index (χ1n) is 7.86. The van der Waals surface area contributed by atoms with Crippen LogP contribution in [0.5, 0.6) is 5.75 Å². The van der Waals surface area contributed by atoms with Crippen LogP contribution in [0.2, 0.25) is 0 Å². The van der Waals surface area contributed by atoms with Crippen molar-refractivity contribution in [2.45, 2.75) is 31.7 Å². The van der Waals surface area contributed by atoms with Crippen molar-refractivity contribution in [3.8, 4) is 5.75 Å². The molecule has 1 saturated heterocycles. The van der Waals surface area contributed by atoms with Gasteiger partial charge in [-0.2, -0.15) is 0 Å². The van der Waals surface area contributed by atoms with Crippen molar-refractivity contribution >= 4 is 35.8 Å². The van der Waals surface area contributed by atoms with E-state index in [1.807, 2.05) is 11.8 Å². The van der Waals surface area contributed by atoms with Gasteiger partial charge in [-0.1, -0.05) is 6.07 Å². The van der Waals surface area contributed by atoms with E-state index in [4.69, 9.17) is 4.74 Å². The molecule has 2 unspecified atom stereocenters. The highest BCUT2D eigenvalue weighted by Crippen LogP contribution is 2.29. The lowest BCUT2D eigenvalue weighted by molar-refractivity contribution is -0.385. The third kappa shape index (κ3) is 5.49. The quantitative estimate of drug-likeness (QED) is 0.594. The predicted octanol–water partition coefficient (Wildman–Crippen LogP) is 2.47. The summed E-state index contributed by atoms with van der Waals surface area (Å²) in [5.74, 6) is 1.28. The number of halogens is 1. The molecule has 0 aromatic heterocycles. The van der Waals surface area contributed by atoms with Crippen LogP contribution in [0.3, 0.4) is 0 Å². The minimum absolute atomic E-state index is 0. The normalized spacial score (nSPS) is 19.9. The smallest absolute Gasteiger partial charge is 0.311 e. The Morgan fingerprint density at radius 3 is 2.84 bits per heavy atom. The minimum atomic E-state index is -0.456. The van der Waals surface area contributed by atoms with Gasteiger partial charge in [-0.15, -0.1) is 24.2 Å². The van der Waals surface area contributed by atoms with E-state index >= 15 is 0 Å². The van der Waals surface area contributed by atoms with Gasteiger partial charge >= 0.3 is 5.69 Å². The molecule has 0 aliphatic carbocycles. The molecule has 1 aliphatic rings. The van der Waals surface area contributed by atoms with Gasteiger partial charge in [-0.3, -0.25) is 14.9 Å². The van der Waals surface area contributed by atoms with Crippen molar-refractivity contribution in [2.75, 3.05) is 26.0 Å². The fraction of sp³-hybridized carbons (Fsp3) is 0.562. The van der Waals surface area contributed by atoms with Crippen LogP contribution < -0.4 is 10.1 Å². The van der Waals surface area contributed by atoms with E-state index in [1.165, 1.54) is 24.9 Å². The first-order chi connectivity index (χ1) is 11.4. The number of carbonyl (C=O) groups is 1. The lowest BCUT2D eigenvalue weighted by Crippen LogP contribution is -2.57. The molecule has 7 nitrogen and oxygen atoms in total. The second kappa shape index (κ2) is 9.84. The zero-order valence-electron chi connectivity index (χ0n) is 14.6. The largest absolute Gasteiger partial charge is 0.490 e. The number of nitro groups is 1. The number of amides is 1. The number of nitro benzene ring substituents is 1. The van der Waals surface area contributed by atoms with Crippen LogP contribution in [-0.2, 0) is 10.5 Å². The molecule has 140 valence electrons. The zero-order valence-corrected chi connectivity index (χ0v) is 16.2. The molecule has 1 aromatic carbocycles. The van der Waals surface area contributed by atoms with Gasteiger partial charge in [0.05, 0.1) is 17.8 Å². The minimum Gasteiger partial charge on any atom is -0.490 e. The highest BCUT2D eigenvalue weighted by atomic mass is 35.5. The third-order valence-corrected chi connectivity index (χ3v) is 5.28. The Labute approximate surface area is 158 Å². The first kappa shape index (κ1) is 21.5. The molecule has 2 atom stereocenters. The van der Waals surface area contributed by atoms with Gasteiger partial charge in [0.2, 0.25) is 5.91 Å². The van der Waals surface area contributed by atoms with Crippen molar-refractivity contribution in [3.05, 3.63) is 33.9 Å². The summed E-state index contributed by atoms with van der Waals surface area (Å²) in [6.07, 6.45) is 0. The molecule has 1 aliphatic heterocycles. The molecular formula is C16H24ClN3O4S. The number of nitrogens with zero attached hydrogens (tertiary/aromatic N) is 2. The van der Waals surface area contributed by atoms with E-state index in [0.717, 1.165) is 18.7 Å². The number of methoxy groups -OCH3 is 1. The summed E-state index contributed by atoms with van der Waals surface area (Å²) in [5.41, 5.74) is 0.758. The van der Waals surface area contributed by atoms with E-state index in [0.29, 0.717) is 11.5 Å². The Bertz CT molecular complexity index is 617. The van der Waals surface area contributed by atoms with Crippen LogP contribution in [0.4, 0.5) is 5.69 Å². The maximum Gasteiger partial charge on any atom is 0.311 e. The van der Waals surface area contributed by atoms with Gasteiger partial charge in [-0.25, -0.2) is 0 Å². The second-order valence-electron chi connectivity index (χ2n) is 5.83. The predicted molar refractivity (Wildman–Crippen MR) is 102 cm³/mol. The highest BCUT2D eigenvalue weighted by molar-refractivity contribution is 7.99. The molecule has 0 radical (unpaired) electrons. The summed E-state index contributed by atoms with van der Waals surface area (Å²) < 4.78 is 4.99. The average molecular weight is 390 g/mol. The summed E-state index contributed by atoms with van der Waals surface area (Å²) in [7, 11) is 1.41. The Morgan fingerprint density at radius 2 is 2.20 bits per heavy atom. The molecule has 1 fully saturated rings.